The highest BCUT2D eigenvalue weighted by molar-refractivity contribution is 7.90. The highest BCUT2D eigenvalue weighted by Crippen LogP contribution is 2.46. The first-order valence-corrected chi connectivity index (χ1v) is 20.0. The first-order valence-electron chi connectivity index (χ1n) is 18.2. The van der Waals surface area contributed by atoms with Gasteiger partial charge >= 0.3 is 12.2 Å². The second-order valence-electron chi connectivity index (χ2n) is 15.3. The number of ether oxygens (including phenoxy) is 3. The zero-order valence-electron chi connectivity index (χ0n) is 31.1. The van der Waals surface area contributed by atoms with Gasteiger partial charge < -0.3 is 29.7 Å². The van der Waals surface area contributed by atoms with Gasteiger partial charge in [-0.2, -0.15) is 0 Å². The summed E-state index contributed by atoms with van der Waals surface area (Å²) >= 11 is 6.36. The minimum absolute atomic E-state index is 0.0373. The van der Waals surface area contributed by atoms with Crippen LogP contribution in [0, 0.1) is 12.8 Å². The number of rotatable bonds is 5. The predicted molar refractivity (Wildman–Crippen MR) is 199 cm³/mol. The molecule has 15 nitrogen and oxygen atoms in total. The Hall–Kier alpha value is -4.67. The molecule has 2 aromatic rings. The molecule has 3 N–H and O–H groups in total. The summed E-state index contributed by atoms with van der Waals surface area (Å²) in [5.41, 5.74) is -0.434. The second-order valence-corrected chi connectivity index (χ2v) is 17.3. The van der Waals surface area contributed by atoms with Crippen molar-refractivity contribution in [1.29, 1.82) is 0 Å². The van der Waals surface area contributed by atoms with Crippen molar-refractivity contribution in [2.45, 2.75) is 101 Å². The molecule has 0 bridgehead atoms. The molecule has 5 atom stereocenters. The zero-order chi connectivity index (χ0) is 39.7. The fourth-order valence-electron chi connectivity index (χ4n) is 7.14. The summed E-state index contributed by atoms with van der Waals surface area (Å²) in [5.74, 6) is -2.92. The van der Waals surface area contributed by atoms with E-state index >= 15 is 0 Å². The molecular weight excluding hydrogens is 754 g/mol. The Morgan fingerprint density at radius 1 is 1.05 bits per heavy atom. The number of hydrogen-bond acceptors (Lipinski definition) is 10. The summed E-state index contributed by atoms with van der Waals surface area (Å²) in [7, 11) is -4.33. The molecule has 17 heteroatoms. The van der Waals surface area contributed by atoms with Crippen molar-refractivity contribution in [3.8, 4) is 0 Å². The van der Waals surface area contributed by atoms with Gasteiger partial charge in [-0.1, -0.05) is 54.1 Å². The SMILES string of the molecule is Cc1ccccc1S(=O)(=O)NC(=O)[C@@]12C[C@@H]1/C=C\CCOCC[C@H](NC(=O)OC(C)(C)C)C(=O)N1C[C@H](OC(=O)N3Cc4cccc(Cl)c4C3)C[C@H]1C(=O)N2. The van der Waals surface area contributed by atoms with Gasteiger partial charge in [-0.05, 0) is 69.4 Å². The van der Waals surface area contributed by atoms with E-state index in [0.717, 1.165) is 11.1 Å². The third-order valence-electron chi connectivity index (χ3n) is 10.0. The lowest BCUT2D eigenvalue weighted by molar-refractivity contribution is -0.141. The maximum absolute atomic E-state index is 14.4. The Balaban J connectivity index is 1.27. The van der Waals surface area contributed by atoms with Crippen LogP contribution in [0.2, 0.25) is 5.02 Å². The number of amides is 5. The molecule has 296 valence electrons. The molecule has 55 heavy (non-hydrogen) atoms. The van der Waals surface area contributed by atoms with Gasteiger partial charge in [0.2, 0.25) is 11.8 Å². The number of hydrogen-bond donors (Lipinski definition) is 3. The van der Waals surface area contributed by atoms with E-state index in [1.807, 2.05) is 6.07 Å². The van der Waals surface area contributed by atoms with Crippen molar-refractivity contribution >= 4 is 51.5 Å². The summed E-state index contributed by atoms with van der Waals surface area (Å²) in [4.78, 5) is 71.6. The summed E-state index contributed by atoms with van der Waals surface area (Å²) in [6.07, 6.45) is 1.45. The van der Waals surface area contributed by atoms with Gasteiger partial charge in [-0.25, -0.2) is 22.7 Å². The molecule has 0 unspecified atom stereocenters. The molecule has 6 rings (SSSR count). The molecule has 4 aliphatic rings. The molecule has 1 aliphatic carbocycles. The molecule has 5 amide bonds. The molecule has 1 saturated carbocycles. The smallest absolute Gasteiger partial charge is 0.410 e. The van der Waals surface area contributed by atoms with Crippen LogP contribution < -0.4 is 15.4 Å². The average Bonchev–Trinajstić information content (AvgIpc) is 3.40. The van der Waals surface area contributed by atoms with Crippen molar-refractivity contribution in [3.05, 3.63) is 76.3 Å². The van der Waals surface area contributed by atoms with Crippen LogP contribution in [0.15, 0.2) is 59.5 Å². The van der Waals surface area contributed by atoms with Gasteiger partial charge in [0.1, 0.15) is 29.3 Å². The molecule has 2 fully saturated rings. The number of halogens is 1. The first kappa shape index (κ1) is 40.0. The van der Waals surface area contributed by atoms with Crippen LogP contribution in [-0.4, -0.2) is 97.2 Å². The van der Waals surface area contributed by atoms with Crippen LogP contribution in [0.5, 0.6) is 0 Å². The Morgan fingerprint density at radius 3 is 2.55 bits per heavy atom. The van der Waals surface area contributed by atoms with E-state index in [0.29, 0.717) is 17.0 Å². The number of sulfonamides is 1. The minimum Gasteiger partial charge on any atom is -0.444 e. The maximum atomic E-state index is 14.4. The molecule has 3 aliphatic heterocycles. The fraction of sp³-hybridized carbons (Fsp3) is 0.500. The summed E-state index contributed by atoms with van der Waals surface area (Å²) in [5, 5.41) is 5.91. The van der Waals surface area contributed by atoms with Gasteiger partial charge in [0, 0.05) is 36.9 Å². The standard InChI is InChI=1S/C38H46ClN5O10S/c1-23-10-5-6-14-31(23)55(50,51)42-34(47)38-19-25(38)12-7-8-16-52-17-15-29(40-35(48)54-37(2,3)4)33(46)44-21-26(18-30(44)32(45)41-38)53-36(49)43-20-24-11-9-13-28(39)27(24)22-43/h5-7,9-14,25-26,29-30H,8,15-22H2,1-4H3,(H,40,48)(H,41,45)(H,42,47)/b12-7-/t25-,26+,29-,30-,38+/m0/s1. The van der Waals surface area contributed by atoms with Crippen LogP contribution in [0.3, 0.4) is 0 Å². The second kappa shape index (κ2) is 15.8. The largest absolute Gasteiger partial charge is 0.444 e. The van der Waals surface area contributed by atoms with Gasteiger partial charge in [0.05, 0.1) is 24.6 Å². The average molecular weight is 800 g/mol. The number of aryl methyl sites for hydroxylation is 1. The highest BCUT2D eigenvalue weighted by atomic mass is 35.5. The van der Waals surface area contributed by atoms with Crippen LogP contribution in [0.25, 0.3) is 0 Å². The van der Waals surface area contributed by atoms with Crippen LogP contribution in [-0.2, 0) is 51.7 Å². The van der Waals surface area contributed by atoms with E-state index in [2.05, 4.69) is 15.4 Å². The zero-order valence-corrected chi connectivity index (χ0v) is 32.7. The number of fused-ring (bicyclic) bond motifs is 3. The van der Waals surface area contributed by atoms with E-state index in [-0.39, 0.29) is 57.0 Å². The molecule has 0 aromatic heterocycles. The number of carbonyl (C=O) groups excluding carboxylic acids is 5. The molecule has 0 spiro atoms. The van der Waals surface area contributed by atoms with Crippen molar-refractivity contribution in [1.82, 2.24) is 25.2 Å². The summed E-state index contributed by atoms with van der Waals surface area (Å²) in [6.45, 7) is 7.23. The molecule has 2 aromatic carbocycles. The van der Waals surface area contributed by atoms with E-state index < -0.39 is 75.2 Å². The van der Waals surface area contributed by atoms with Crippen molar-refractivity contribution in [3.63, 3.8) is 0 Å². The monoisotopic (exact) mass is 799 g/mol. The number of alkyl carbamates (subject to hydrolysis) is 1. The number of nitrogens with zero attached hydrogens (tertiary/aromatic N) is 2. The van der Waals surface area contributed by atoms with Gasteiger partial charge in [-0.3, -0.25) is 19.3 Å². The molecule has 0 radical (unpaired) electrons. The van der Waals surface area contributed by atoms with Crippen LogP contribution >= 0.6 is 11.6 Å². The summed E-state index contributed by atoms with van der Waals surface area (Å²) < 4.78 is 46.0. The number of benzene rings is 2. The lowest BCUT2D eigenvalue weighted by Gasteiger charge is -2.30. The topological polar surface area (TPSA) is 190 Å². The number of nitrogens with one attached hydrogen (secondary N) is 3. The van der Waals surface area contributed by atoms with Crippen molar-refractivity contribution in [2.75, 3.05) is 19.8 Å². The van der Waals surface area contributed by atoms with Gasteiger partial charge in [0.25, 0.3) is 15.9 Å². The Bertz CT molecular complexity index is 2000. The lowest BCUT2D eigenvalue weighted by atomic mass is 10.1. The van der Waals surface area contributed by atoms with Crippen molar-refractivity contribution in [2.24, 2.45) is 5.92 Å². The molecule has 1 saturated heterocycles. The molecule has 3 heterocycles. The Morgan fingerprint density at radius 2 is 1.82 bits per heavy atom. The third kappa shape index (κ3) is 9.08. The maximum Gasteiger partial charge on any atom is 0.410 e. The number of carbonyl (C=O) groups is 5. The first-order chi connectivity index (χ1) is 26.0. The fourth-order valence-corrected chi connectivity index (χ4v) is 8.68. The van der Waals surface area contributed by atoms with E-state index in [4.69, 9.17) is 25.8 Å². The highest BCUT2D eigenvalue weighted by Gasteiger charge is 2.62. The van der Waals surface area contributed by atoms with Gasteiger partial charge in [0.15, 0.2) is 0 Å². The van der Waals surface area contributed by atoms with Crippen LogP contribution in [0.4, 0.5) is 9.59 Å². The van der Waals surface area contributed by atoms with E-state index in [1.165, 1.54) is 15.9 Å². The Labute approximate surface area is 325 Å². The van der Waals surface area contributed by atoms with E-state index in [1.54, 1.807) is 70.2 Å². The normalized spacial score (nSPS) is 26.3. The quantitative estimate of drug-likeness (QED) is 0.376. The van der Waals surface area contributed by atoms with Gasteiger partial charge in [-0.15, -0.1) is 0 Å². The lowest BCUT2D eigenvalue weighted by Crippen LogP contribution is -2.58. The third-order valence-corrected chi connectivity index (χ3v) is 11.9. The Kier molecular flexibility index (Phi) is 11.5. The predicted octanol–water partition coefficient (Wildman–Crippen LogP) is 3.71. The molecular formula is C38H46ClN5O10S. The minimum atomic E-state index is -4.33. The van der Waals surface area contributed by atoms with Crippen molar-refractivity contribution < 1.29 is 46.6 Å². The van der Waals surface area contributed by atoms with E-state index in [9.17, 15) is 32.4 Å². The van der Waals surface area contributed by atoms with Crippen LogP contribution in [0.1, 0.15) is 63.1 Å². The summed E-state index contributed by atoms with van der Waals surface area (Å²) in [6, 6.07) is 9.12.